The number of benzene rings is 2. The van der Waals surface area contributed by atoms with Gasteiger partial charge >= 0.3 is 5.97 Å². The van der Waals surface area contributed by atoms with E-state index in [-0.39, 0.29) is 27.9 Å². The van der Waals surface area contributed by atoms with E-state index in [1.54, 1.807) is 12.1 Å². The lowest BCUT2D eigenvalue weighted by atomic mass is 10.1. The zero-order chi connectivity index (χ0) is 21.1. The number of non-ortho nitro benzene ring substituents is 1. The fourth-order valence-electron chi connectivity index (χ4n) is 2.66. The van der Waals surface area contributed by atoms with Crippen molar-refractivity contribution in [3.05, 3.63) is 62.3 Å². The van der Waals surface area contributed by atoms with E-state index >= 15 is 0 Å². The van der Waals surface area contributed by atoms with Crippen molar-refractivity contribution in [3.8, 4) is 17.2 Å². The van der Waals surface area contributed by atoms with Gasteiger partial charge in [-0.15, -0.1) is 0 Å². The van der Waals surface area contributed by atoms with E-state index in [9.17, 15) is 14.9 Å². The van der Waals surface area contributed by atoms with Gasteiger partial charge in [-0.05, 0) is 29.8 Å². The molecule has 0 aliphatic carbocycles. The lowest BCUT2D eigenvalue weighted by Gasteiger charge is -2.12. The van der Waals surface area contributed by atoms with E-state index in [1.807, 2.05) is 0 Å². The largest absolute Gasteiger partial charge is 0.493 e. The van der Waals surface area contributed by atoms with Crippen LogP contribution in [0.4, 0.5) is 5.69 Å². The van der Waals surface area contributed by atoms with Crippen LogP contribution < -0.4 is 14.2 Å². The summed E-state index contributed by atoms with van der Waals surface area (Å²) in [6, 6.07) is 7.07. The molecule has 1 aliphatic heterocycles. The van der Waals surface area contributed by atoms with Crippen molar-refractivity contribution >= 4 is 35.2 Å². The SMILES string of the molecule is COc1cc(/C=C2/N=C(c3ccc([N+](=O)[O-])cc3Cl)OC2=O)cc(OC)c1OC. The number of hydrogen-bond acceptors (Lipinski definition) is 8. The normalized spacial score (nSPS) is 14.4. The Bertz CT molecular complexity index is 1040. The Hall–Kier alpha value is -3.59. The second-order valence-corrected chi connectivity index (χ2v) is 6.12. The molecule has 9 nitrogen and oxygen atoms in total. The van der Waals surface area contributed by atoms with Gasteiger partial charge in [-0.25, -0.2) is 9.79 Å². The van der Waals surface area contributed by atoms with Crippen LogP contribution in [0.15, 0.2) is 41.0 Å². The minimum Gasteiger partial charge on any atom is -0.493 e. The first kappa shape index (κ1) is 20.2. The van der Waals surface area contributed by atoms with E-state index in [4.69, 9.17) is 30.5 Å². The van der Waals surface area contributed by atoms with Crippen LogP contribution in [0.3, 0.4) is 0 Å². The van der Waals surface area contributed by atoms with E-state index < -0.39 is 10.9 Å². The van der Waals surface area contributed by atoms with Gasteiger partial charge in [0.1, 0.15) is 0 Å². The molecule has 1 aliphatic rings. The quantitative estimate of drug-likeness (QED) is 0.305. The Morgan fingerprint density at radius 1 is 1.10 bits per heavy atom. The van der Waals surface area contributed by atoms with E-state index in [2.05, 4.69) is 4.99 Å². The summed E-state index contributed by atoms with van der Waals surface area (Å²) in [6.45, 7) is 0. The molecule has 0 saturated carbocycles. The van der Waals surface area contributed by atoms with Crippen molar-refractivity contribution in [1.82, 2.24) is 0 Å². The Labute approximate surface area is 170 Å². The highest BCUT2D eigenvalue weighted by Gasteiger charge is 2.27. The minimum atomic E-state index is -0.692. The maximum atomic E-state index is 12.2. The Morgan fingerprint density at radius 2 is 1.76 bits per heavy atom. The number of nitro groups is 1. The van der Waals surface area contributed by atoms with Crippen molar-refractivity contribution in [3.63, 3.8) is 0 Å². The number of carbonyl (C=O) groups is 1. The molecule has 29 heavy (non-hydrogen) atoms. The van der Waals surface area contributed by atoms with Gasteiger partial charge in [0.25, 0.3) is 5.69 Å². The molecule has 2 aromatic carbocycles. The molecule has 1 heterocycles. The summed E-state index contributed by atoms with van der Waals surface area (Å²) in [5, 5.41) is 10.9. The molecule has 2 aromatic rings. The first-order valence-corrected chi connectivity index (χ1v) is 8.52. The summed E-state index contributed by atoms with van der Waals surface area (Å²) < 4.78 is 21.0. The third-order valence-electron chi connectivity index (χ3n) is 4.00. The van der Waals surface area contributed by atoms with Crippen molar-refractivity contribution < 1.29 is 28.7 Å². The number of carbonyl (C=O) groups excluding carboxylic acids is 1. The summed E-state index contributed by atoms with van der Waals surface area (Å²) in [5.41, 5.74) is 0.658. The van der Waals surface area contributed by atoms with Gasteiger partial charge in [-0.1, -0.05) is 11.6 Å². The van der Waals surface area contributed by atoms with Crippen molar-refractivity contribution in [2.75, 3.05) is 21.3 Å². The van der Waals surface area contributed by atoms with Gasteiger partial charge in [0.05, 0.1) is 36.8 Å². The highest BCUT2D eigenvalue weighted by atomic mass is 35.5. The summed E-state index contributed by atoms with van der Waals surface area (Å²) in [5.74, 6) is 0.491. The van der Waals surface area contributed by atoms with Crippen molar-refractivity contribution in [1.29, 1.82) is 0 Å². The topological polar surface area (TPSA) is 109 Å². The standard InChI is InChI=1S/C19H15ClN2O7/c1-26-15-7-10(8-16(27-2)17(15)28-3)6-14-19(23)29-18(21-14)12-5-4-11(22(24)25)9-13(12)20/h4-9H,1-3H3/b14-6+. The highest BCUT2D eigenvalue weighted by Crippen LogP contribution is 2.39. The van der Waals surface area contributed by atoms with Crippen LogP contribution in [0.25, 0.3) is 6.08 Å². The molecule has 0 saturated heterocycles. The second-order valence-electron chi connectivity index (χ2n) is 5.72. The lowest BCUT2D eigenvalue weighted by molar-refractivity contribution is -0.384. The lowest BCUT2D eigenvalue weighted by Crippen LogP contribution is -2.06. The number of halogens is 1. The molecular weight excluding hydrogens is 404 g/mol. The molecule has 0 atom stereocenters. The predicted octanol–water partition coefficient (Wildman–Crippen LogP) is 3.62. The van der Waals surface area contributed by atoms with Gasteiger partial charge in [-0.3, -0.25) is 10.1 Å². The van der Waals surface area contributed by atoms with Gasteiger partial charge in [0.2, 0.25) is 11.6 Å². The Balaban J connectivity index is 2.00. The molecule has 0 bridgehead atoms. The van der Waals surface area contributed by atoms with Gasteiger partial charge in [0.15, 0.2) is 17.2 Å². The third kappa shape index (κ3) is 3.99. The first-order chi connectivity index (χ1) is 13.9. The molecule has 10 heteroatoms. The minimum absolute atomic E-state index is 0.0173. The van der Waals surface area contributed by atoms with Crippen LogP contribution in [0.2, 0.25) is 5.02 Å². The summed E-state index contributed by atoms with van der Waals surface area (Å²) in [6.07, 6.45) is 1.49. The van der Waals surface area contributed by atoms with E-state index in [0.29, 0.717) is 22.8 Å². The summed E-state index contributed by atoms with van der Waals surface area (Å²) >= 11 is 6.08. The van der Waals surface area contributed by atoms with Crippen LogP contribution in [0, 0.1) is 10.1 Å². The molecule has 3 rings (SSSR count). The van der Waals surface area contributed by atoms with E-state index in [1.165, 1.54) is 39.5 Å². The molecule has 0 spiro atoms. The van der Waals surface area contributed by atoms with Crippen LogP contribution in [-0.4, -0.2) is 38.1 Å². The zero-order valence-electron chi connectivity index (χ0n) is 15.6. The second kappa shape index (κ2) is 8.19. The highest BCUT2D eigenvalue weighted by molar-refractivity contribution is 6.34. The smallest absolute Gasteiger partial charge is 0.363 e. The molecule has 150 valence electrons. The predicted molar refractivity (Wildman–Crippen MR) is 105 cm³/mol. The first-order valence-electron chi connectivity index (χ1n) is 8.14. The molecule has 0 amide bonds. The number of nitro benzene ring substituents is 1. The Kier molecular flexibility index (Phi) is 5.69. The zero-order valence-corrected chi connectivity index (χ0v) is 16.4. The van der Waals surface area contributed by atoms with Crippen molar-refractivity contribution in [2.24, 2.45) is 4.99 Å². The Morgan fingerprint density at radius 3 is 2.28 bits per heavy atom. The number of hydrogen-bond donors (Lipinski definition) is 0. The molecule has 0 aromatic heterocycles. The number of ether oxygens (including phenoxy) is 4. The van der Waals surface area contributed by atoms with Crippen LogP contribution in [0.5, 0.6) is 17.2 Å². The number of esters is 1. The van der Waals surface area contributed by atoms with Gasteiger partial charge in [0, 0.05) is 12.1 Å². The summed E-state index contributed by atoms with van der Waals surface area (Å²) in [4.78, 5) is 26.7. The molecule has 0 unspecified atom stereocenters. The fraction of sp³-hybridized carbons (Fsp3) is 0.158. The molecule has 0 N–H and O–H groups in total. The van der Waals surface area contributed by atoms with Crippen LogP contribution in [-0.2, 0) is 9.53 Å². The monoisotopic (exact) mass is 418 g/mol. The number of rotatable bonds is 6. The molecular formula is C19H15ClN2O7. The number of cyclic esters (lactones) is 1. The average Bonchev–Trinajstić information content (AvgIpc) is 3.06. The average molecular weight is 419 g/mol. The van der Waals surface area contributed by atoms with Crippen LogP contribution >= 0.6 is 11.6 Å². The molecule has 0 fully saturated rings. The third-order valence-corrected chi connectivity index (χ3v) is 4.32. The maximum absolute atomic E-state index is 12.2. The number of aliphatic imine (C=N–C) groups is 1. The van der Waals surface area contributed by atoms with E-state index in [0.717, 1.165) is 6.07 Å². The number of methoxy groups -OCH3 is 3. The molecule has 0 radical (unpaired) electrons. The van der Waals surface area contributed by atoms with Crippen molar-refractivity contribution in [2.45, 2.75) is 0 Å². The van der Waals surface area contributed by atoms with Crippen LogP contribution in [0.1, 0.15) is 11.1 Å². The number of nitrogens with zero attached hydrogens (tertiary/aromatic N) is 2. The maximum Gasteiger partial charge on any atom is 0.363 e. The fourth-order valence-corrected chi connectivity index (χ4v) is 2.91. The summed E-state index contributed by atoms with van der Waals surface area (Å²) in [7, 11) is 4.44. The van der Waals surface area contributed by atoms with Gasteiger partial charge in [-0.2, -0.15) is 0 Å². The van der Waals surface area contributed by atoms with Gasteiger partial charge < -0.3 is 18.9 Å².